The Morgan fingerprint density at radius 1 is 1.43 bits per heavy atom. The van der Waals surface area contributed by atoms with Crippen LogP contribution in [0.5, 0.6) is 0 Å². The average molecular weight is 309 g/mol. The Kier molecular flexibility index (Phi) is 4.18. The van der Waals surface area contributed by atoms with E-state index in [1.165, 1.54) is 13.2 Å². The van der Waals surface area contributed by atoms with Gasteiger partial charge in [-0.3, -0.25) is 4.79 Å². The van der Waals surface area contributed by atoms with Crippen molar-refractivity contribution in [3.8, 4) is 0 Å². The lowest BCUT2D eigenvalue weighted by atomic mass is 10.1. The zero-order valence-corrected chi connectivity index (χ0v) is 12.1. The summed E-state index contributed by atoms with van der Waals surface area (Å²) in [4.78, 5) is 28.0. The molecule has 3 N–H and O–H groups in total. The predicted molar refractivity (Wildman–Crippen MR) is 77.0 cm³/mol. The number of anilines is 2. The minimum Gasteiger partial charge on any atom is -0.465 e. The van der Waals surface area contributed by atoms with Crippen molar-refractivity contribution in [1.82, 2.24) is 4.98 Å². The Morgan fingerprint density at radius 2 is 2.14 bits per heavy atom. The van der Waals surface area contributed by atoms with Crippen molar-refractivity contribution in [2.24, 2.45) is 0 Å². The summed E-state index contributed by atoms with van der Waals surface area (Å²) in [6.45, 7) is 1.65. The Bertz CT molecular complexity index is 715. The van der Waals surface area contributed by atoms with Crippen LogP contribution in [0, 0.1) is 12.7 Å². The largest absolute Gasteiger partial charge is 0.465 e. The van der Waals surface area contributed by atoms with Crippen LogP contribution in [0.3, 0.4) is 0 Å². The number of nitrogens with zero attached hydrogens (tertiary/aromatic N) is 1. The fourth-order valence-electron chi connectivity index (χ4n) is 1.71. The number of nitrogens with two attached hydrogens (primary N) is 1. The van der Waals surface area contributed by atoms with Crippen LogP contribution in [0.15, 0.2) is 18.2 Å². The number of ether oxygens (including phenoxy) is 1. The van der Waals surface area contributed by atoms with Gasteiger partial charge in [0.2, 0.25) is 0 Å². The van der Waals surface area contributed by atoms with E-state index in [0.717, 1.165) is 23.5 Å². The average Bonchev–Trinajstić information content (AvgIpc) is 2.78. The van der Waals surface area contributed by atoms with Gasteiger partial charge in [0.1, 0.15) is 10.7 Å². The summed E-state index contributed by atoms with van der Waals surface area (Å²) in [6, 6.07) is 3.42. The first-order chi connectivity index (χ1) is 9.92. The highest BCUT2D eigenvalue weighted by atomic mass is 32.1. The van der Waals surface area contributed by atoms with E-state index in [4.69, 9.17) is 5.73 Å². The molecule has 0 radical (unpaired) electrons. The molecule has 6 nitrogen and oxygen atoms in total. The van der Waals surface area contributed by atoms with Gasteiger partial charge in [-0.05, 0) is 25.1 Å². The van der Waals surface area contributed by atoms with Gasteiger partial charge in [-0.1, -0.05) is 11.3 Å². The molecule has 1 heterocycles. The molecule has 1 aromatic carbocycles. The van der Waals surface area contributed by atoms with Crippen LogP contribution in [-0.2, 0) is 4.74 Å². The fraction of sp³-hybridized carbons (Fsp3) is 0.154. The second-order valence-corrected chi connectivity index (χ2v) is 5.13. The van der Waals surface area contributed by atoms with Gasteiger partial charge in [-0.2, -0.15) is 0 Å². The number of halogens is 1. The minimum absolute atomic E-state index is 0.0685. The van der Waals surface area contributed by atoms with Crippen LogP contribution in [0.4, 0.5) is 15.2 Å². The Morgan fingerprint density at radius 3 is 2.71 bits per heavy atom. The molecule has 8 heteroatoms. The highest BCUT2D eigenvalue weighted by molar-refractivity contribution is 7.17. The highest BCUT2D eigenvalue weighted by Crippen LogP contribution is 2.23. The normalized spacial score (nSPS) is 10.2. The van der Waals surface area contributed by atoms with Gasteiger partial charge < -0.3 is 15.8 Å². The monoisotopic (exact) mass is 309 g/mol. The molecule has 0 fully saturated rings. The molecule has 0 spiro atoms. The molecule has 110 valence electrons. The van der Waals surface area contributed by atoms with Crippen molar-refractivity contribution in [1.29, 1.82) is 0 Å². The summed E-state index contributed by atoms with van der Waals surface area (Å²) in [6.07, 6.45) is 0. The fourth-order valence-corrected chi connectivity index (χ4v) is 2.44. The zero-order valence-electron chi connectivity index (χ0n) is 11.3. The number of hydrogen-bond acceptors (Lipinski definition) is 6. The van der Waals surface area contributed by atoms with Crippen LogP contribution in [-0.4, -0.2) is 24.0 Å². The summed E-state index contributed by atoms with van der Waals surface area (Å²) in [5.74, 6) is -1.82. The smallest absolute Gasteiger partial charge is 0.340 e. The quantitative estimate of drug-likeness (QED) is 0.848. The number of thiazole rings is 1. The van der Waals surface area contributed by atoms with E-state index in [9.17, 15) is 14.0 Å². The first kappa shape index (κ1) is 14.9. The molecule has 2 aromatic rings. The van der Waals surface area contributed by atoms with E-state index in [2.05, 4.69) is 15.0 Å². The number of amides is 1. The lowest BCUT2D eigenvalue weighted by Crippen LogP contribution is -2.15. The van der Waals surface area contributed by atoms with Gasteiger partial charge in [-0.15, -0.1) is 0 Å². The first-order valence-corrected chi connectivity index (χ1v) is 6.66. The number of carbonyl (C=O) groups is 2. The van der Waals surface area contributed by atoms with Crippen molar-refractivity contribution >= 4 is 34.0 Å². The molecule has 0 atom stereocenters. The molecule has 0 saturated carbocycles. The third-order valence-corrected chi connectivity index (χ3v) is 3.64. The number of carbonyl (C=O) groups excluding carboxylic acids is 2. The van der Waals surface area contributed by atoms with Crippen LogP contribution in [0.1, 0.15) is 25.7 Å². The van der Waals surface area contributed by atoms with E-state index >= 15 is 0 Å². The highest BCUT2D eigenvalue weighted by Gasteiger charge is 2.19. The molecule has 0 saturated heterocycles. The maximum atomic E-state index is 13.2. The van der Waals surface area contributed by atoms with E-state index in [0.29, 0.717) is 10.6 Å². The number of aromatic nitrogens is 1. The van der Waals surface area contributed by atoms with E-state index < -0.39 is 17.7 Å². The summed E-state index contributed by atoms with van der Waals surface area (Å²) >= 11 is 1.03. The van der Waals surface area contributed by atoms with Crippen LogP contribution in [0.25, 0.3) is 0 Å². The summed E-state index contributed by atoms with van der Waals surface area (Å²) < 4.78 is 17.8. The summed E-state index contributed by atoms with van der Waals surface area (Å²) in [7, 11) is 1.17. The van der Waals surface area contributed by atoms with Crippen molar-refractivity contribution in [3.05, 3.63) is 40.2 Å². The van der Waals surface area contributed by atoms with Gasteiger partial charge in [0.05, 0.1) is 24.1 Å². The molecule has 0 aliphatic rings. The molecule has 2 rings (SSSR count). The molecular weight excluding hydrogens is 297 g/mol. The maximum absolute atomic E-state index is 13.2. The van der Waals surface area contributed by atoms with Crippen LogP contribution < -0.4 is 11.1 Å². The summed E-state index contributed by atoms with van der Waals surface area (Å²) in [5.41, 5.74) is 6.10. The van der Waals surface area contributed by atoms with Gasteiger partial charge in [0, 0.05) is 0 Å². The lowest BCUT2D eigenvalue weighted by Gasteiger charge is -2.09. The van der Waals surface area contributed by atoms with Crippen LogP contribution in [0.2, 0.25) is 0 Å². The molecule has 0 bridgehead atoms. The number of methoxy groups -OCH3 is 1. The minimum atomic E-state index is -0.745. The third kappa shape index (κ3) is 3.16. The molecule has 1 amide bonds. The molecule has 1 aromatic heterocycles. The summed E-state index contributed by atoms with van der Waals surface area (Å²) in [5, 5.41) is 2.80. The number of hydrogen-bond donors (Lipinski definition) is 2. The number of rotatable bonds is 3. The van der Waals surface area contributed by atoms with Crippen molar-refractivity contribution in [3.63, 3.8) is 0 Å². The predicted octanol–water partition coefficient (Wildman–Crippen LogP) is 2.21. The molecular formula is C13H12FN3O3S. The Labute approximate surface area is 123 Å². The standard InChI is InChI=1S/C13H12FN3O3S/c1-6-10(21-13(15)16-6)11(18)17-9-4-3-7(14)5-8(9)12(19)20-2/h3-5H,1-2H3,(H2,15,16)(H,17,18). The van der Waals surface area contributed by atoms with Gasteiger partial charge in [-0.25, -0.2) is 14.2 Å². The second-order valence-electron chi connectivity index (χ2n) is 4.10. The van der Waals surface area contributed by atoms with Gasteiger partial charge in [0.25, 0.3) is 5.91 Å². The van der Waals surface area contributed by atoms with E-state index in [-0.39, 0.29) is 16.4 Å². The number of nitrogens with one attached hydrogen (secondary N) is 1. The van der Waals surface area contributed by atoms with Crippen molar-refractivity contribution < 1.29 is 18.7 Å². The zero-order chi connectivity index (χ0) is 15.6. The van der Waals surface area contributed by atoms with Crippen LogP contribution >= 0.6 is 11.3 Å². The molecule has 0 unspecified atom stereocenters. The second kappa shape index (κ2) is 5.88. The van der Waals surface area contributed by atoms with E-state index in [1.807, 2.05) is 0 Å². The SMILES string of the molecule is COC(=O)c1cc(F)ccc1NC(=O)c1sc(N)nc1C. The lowest BCUT2D eigenvalue weighted by molar-refractivity contribution is 0.0601. The van der Waals surface area contributed by atoms with Crippen molar-refractivity contribution in [2.45, 2.75) is 6.92 Å². The number of benzene rings is 1. The Balaban J connectivity index is 2.33. The van der Waals surface area contributed by atoms with Gasteiger partial charge >= 0.3 is 5.97 Å². The van der Waals surface area contributed by atoms with Gasteiger partial charge in [0.15, 0.2) is 5.13 Å². The number of aryl methyl sites for hydroxylation is 1. The molecule has 0 aliphatic heterocycles. The number of nitrogen functional groups attached to an aromatic ring is 1. The van der Waals surface area contributed by atoms with E-state index in [1.54, 1.807) is 6.92 Å². The number of esters is 1. The van der Waals surface area contributed by atoms with Crippen molar-refractivity contribution in [2.75, 3.05) is 18.2 Å². The molecule has 21 heavy (non-hydrogen) atoms. The molecule has 0 aliphatic carbocycles. The first-order valence-electron chi connectivity index (χ1n) is 5.84. The Hall–Kier alpha value is -2.48. The topological polar surface area (TPSA) is 94.3 Å². The maximum Gasteiger partial charge on any atom is 0.340 e. The third-order valence-electron chi connectivity index (χ3n) is 2.65.